The van der Waals surface area contributed by atoms with Gasteiger partial charge in [-0.05, 0) is 63.5 Å². The van der Waals surface area contributed by atoms with Gasteiger partial charge in [-0.1, -0.05) is 6.07 Å². The number of nitrogens with one attached hydrogen (secondary N) is 1. The molecule has 1 aromatic carbocycles. The number of halogens is 3. The predicted molar refractivity (Wildman–Crippen MR) is 117 cm³/mol. The van der Waals surface area contributed by atoms with Crippen molar-refractivity contribution < 1.29 is 13.2 Å². The third-order valence-electron chi connectivity index (χ3n) is 6.13. The number of nitriles is 1. The Kier molecular flexibility index (Phi) is 6.07. The quantitative estimate of drug-likeness (QED) is 0.622. The molecule has 1 N–H and O–H groups in total. The number of aromatic nitrogens is 3. The largest absolute Gasteiger partial charge is 0.418 e. The zero-order chi connectivity index (χ0) is 22.9. The van der Waals surface area contributed by atoms with E-state index in [9.17, 15) is 18.4 Å². The summed E-state index contributed by atoms with van der Waals surface area (Å²) in [5.41, 5.74) is 0.442. The van der Waals surface area contributed by atoms with Crippen LogP contribution in [-0.2, 0) is 13.2 Å². The average Bonchev–Trinajstić information content (AvgIpc) is 3.14. The van der Waals surface area contributed by atoms with E-state index in [1.165, 1.54) is 6.07 Å². The van der Waals surface area contributed by atoms with Crippen LogP contribution in [0, 0.1) is 17.2 Å². The van der Waals surface area contributed by atoms with Gasteiger partial charge in [0, 0.05) is 36.4 Å². The molecule has 0 atom stereocenters. The first-order chi connectivity index (χ1) is 15.3. The Bertz CT molecular complexity index is 1150. The minimum atomic E-state index is -4.52. The molecule has 1 saturated heterocycles. The fourth-order valence-electron chi connectivity index (χ4n) is 4.25. The number of hydrogen-bond acceptors (Lipinski definition) is 5. The summed E-state index contributed by atoms with van der Waals surface area (Å²) in [4.78, 5) is 10.7. The Morgan fingerprint density at radius 1 is 1.16 bits per heavy atom. The maximum Gasteiger partial charge on any atom is 0.418 e. The van der Waals surface area contributed by atoms with Crippen molar-refractivity contribution in [2.45, 2.75) is 25.4 Å². The van der Waals surface area contributed by atoms with E-state index >= 15 is 0 Å². The van der Waals surface area contributed by atoms with E-state index in [2.05, 4.69) is 27.2 Å². The number of aryl methyl sites for hydroxylation is 1. The predicted octanol–water partition coefficient (Wildman–Crippen LogP) is 4.67. The fourth-order valence-corrected chi connectivity index (χ4v) is 4.25. The van der Waals surface area contributed by atoms with Gasteiger partial charge in [0.05, 0.1) is 11.3 Å². The number of rotatable bonds is 5. The van der Waals surface area contributed by atoms with Crippen LogP contribution in [0.4, 0.5) is 18.9 Å². The van der Waals surface area contributed by atoms with Crippen LogP contribution in [0.15, 0.2) is 30.5 Å². The molecule has 9 heteroatoms. The van der Waals surface area contributed by atoms with Crippen LogP contribution >= 0.6 is 0 Å². The maximum absolute atomic E-state index is 13.9. The Labute approximate surface area is 184 Å². The van der Waals surface area contributed by atoms with Crippen molar-refractivity contribution in [3.63, 3.8) is 0 Å². The molecule has 32 heavy (non-hydrogen) atoms. The number of fused-ring (bicyclic) bond motifs is 1. The van der Waals surface area contributed by atoms with Crippen LogP contribution in [0.3, 0.4) is 0 Å². The van der Waals surface area contributed by atoms with Gasteiger partial charge in [-0.15, -0.1) is 0 Å². The molecule has 2 aromatic heterocycles. The van der Waals surface area contributed by atoms with Crippen molar-refractivity contribution in [2.24, 2.45) is 13.0 Å². The summed E-state index contributed by atoms with van der Waals surface area (Å²) in [6.45, 7) is 2.56. The van der Waals surface area contributed by atoms with Crippen molar-refractivity contribution >= 4 is 16.7 Å². The fraction of sp³-hybridized carbons (Fsp3) is 0.435. The molecule has 3 aromatic rings. The van der Waals surface area contributed by atoms with Crippen LogP contribution in [-0.4, -0.2) is 46.1 Å². The second-order valence-corrected chi connectivity index (χ2v) is 8.39. The molecule has 0 unspecified atom stereocenters. The Hall–Kier alpha value is -3.12. The molecule has 4 rings (SSSR count). The van der Waals surface area contributed by atoms with E-state index in [0.29, 0.717) is 34.8 Å². The van der Waals surface area contributed by atoms with E-state index < -0.39 is 11.7 Å². The van der Waals surface area contributed by atoms with Crippen LogP contribution < -0.4 is 5.32 Å². The molecular formula is C23H25F3N6. The van der Waals surface area contributed by atoms with Gasteiger partial charge in [-0.25, -0.2) is 9.97 Å². The lowest BCUT2D eigenvalue weighted by molar-refractivity contribution is -0.136. The van der Waals surface area contributed by atoms with Crippen molar-refractivity contribution in [1.29, 1.82) is 5.26 Å². The lowest BCUT2D eigenvalue weighted by atomic mass is 9.94. The van der Waals surface area contributed by atoms with Gasteiger partial charge in [0.1, 0.15) is 11.7 Å². The second kappa shape index (κ2) is 8.79. The summed E-state index contributed by atoms with van der Waals surface area (Å²) >= 11 is 0. The molecule has 1 aliphatic heterocycles. The van der Waals surface area contributed by atoms with Crippen molar-refractivity contribution in [2.75, 3.05) is 32.0 Å². The summed E-state index contributed by atoms with van der Waals surface area (Å²) in [7, 11) is 3.85. The monoisotopic (exact) mass is 442 g/mol. The third kappa shape index (κ3) is 4.55. The molecule has 0 saturated carbocycles. The minimum Gasteiger partial charge on any atom is -0.385 e. The first-order valence-corrected chi connectivity index (χ1v) is 10.6. The number of piperidine rings is 1. The first-order valence-electron chi connectivity index (χ1n) is 10.6. The van der Waals surface area contributed by atoms with Gasteiger partial charge in [0.25, 0.3) is 0 Å². The topological polar surface area (TPSA) is 69.8 Å². The lowest BCUT2D eigenvalue weighted by Crippen LogP contribution is -2.30. The molecule has 6 nitrogen and oxygen atoms in total. The average molecular weight is 442 g/mol. The maximum atomic E-state index is 13.9. The first kappa shape index (κ1) is 22.1. The second-order valence-electron chi connectivity index (χ2n) is 8.39. The van der Waals surface area contributed by atoms with Gasteiger partial charge in [0.2, 0.25) is 5.82 Å². The van der Waals surface area contributed by atoms with Crippen LogP contribution in [0.2, 0.25) is 0 Å². The third-order valence-corrected chi connectivity index (χ3v) is 6.13. The number of hydrogen-bond donors (Lipinski definition) is 1. The van der Waals surface area contributed by atoms with E-state index in [-0.39, 0.29) is 11.5 Å². The number of anilines is 1. The van der Waals surface area contributed by atoms with E-state index in [0.717, 1.165) is 38.4 Å². The number of nitrogens with zero attached hydrogens (tertiary/aromatic N) is 5. The summed E-state index contributed by atoms with van der Waals surface area (Å²) in [5, 5.41) is 12.9. The normalized spacial score (nSPS) is 15.8. The van der Waals surface area contributed by atoms with Gasteiger partial charge in [-0.3, -0.25) is 0 Å². The zero-order valence-corrected chi connectivity index (χ0v) is 18.1. The Balaban J connectivity index is 1.62. The standard InChI is InChI=1S/C23H25F3N6/c1-31-10-6-15(7-11-31)5-9-28-19-4-3-16(13-18(19)23(24,25)26)21-17-8-12-32(2)22(17)30-20(14-27)29-21/h3-4,8,12-13,15,28H,5-7,9-11H2,1-2H3. The van der Waals surface area contributed by atoms with Crippen molar-refractivity contribution in [3.8, 4) is 17.3 Å². The summed E-state index contributed by atoms with van der Waals surface area (Å²) in [6.07, 6.45) is 0.214. The van der Waals surface area contributed by atoms with E-state index in [1.807, 2.05) is 6.07 Å². The van der Waals surface area contributed by atoms with E-state index in [1.54, 1.807) is 29.9 Å². The van der Waals surface area contributed by atoms with Crippen molar-refractivity contribution in [1.82, 2.24) is 19.4 Å². The number of likely N-dealkylation sites (tertiary alicyclic amines) is 1. The minimum absolute atomic E-state index is 0.0630. The van der Waals surface area contributed by atoms with Gasteiger partial charge < -0.3 is 14.8 Å². The number of alkyl halides is 3. The van der Waals surface area contributed by atoms with Crippen LogP contribution in [0.25, 0.3) is 22.3 Å². The highest BCUT2D eigenvalue weighted by molar-refractivity contribution is 5.91. The molecular weight excluding hydrogens is 417 g/mol. The SMILES string of the molecule is CN1CCC(CCNc2ccc(-c3nc(C#N)nc4c3ccn4C)cc2C(F)(F)F)CC1. The molecule has 1 fully saturated rings. The highest BCUT2D eigenvalue weighted by Gasteiger charge is 2.34. The molecule has 0 bridgehead atoms. The van der Waals surface area contributed by atoms with Gasteiger partial charge in [0.15, 0.2) is 0 Å². The molecule has 0 spiro atoms. The number of benzene rings is 1. The summed E-state index contributed by atoms with van der Waals surface area (Å²) < 4.78 is 43.4. The van der Waals surface area contributed by atoms with Crippen LogP contribution in [0.5, 0.6) is 0 Å². The zero-order valence-electron chi connectivity index (χ0n) is 18.1. The molecule has 0 amide bonds. The van der Waals surface area contributed by atoms with Crippen molar-refractivity contribution in [3.05, 3.63) is 41.9 Å². The van der Waals surface area contributed by atoms with Crippen LogP contribution in [0.1, 0.15) is 30.7 Å². The molecule has 1 aliphatic rings. The Morgan fingerprint density at radius 3 is 2.59 bits per heavy atom. The molecule has 3 heterocycles. The van der Waals surface area contributed by atoms with Gasteiger partial charge in [-0.2, -0.15) is 18.4 Å². The lowest BCUT2D eigenvalue weighted by Gasteiger charge is -2.29. The highest BCUT2D eigenvalue weighted by atomic mass is 19.4. The van der Waals surface area contributed by atoms with Gasteiger partial charge >= 0.3 is 6.18 Å². The summed E-state index contributed by atoms with van der Waals surface area (Å²) in [6, 6.07) is 7.81. The molecule has 168 valence electrons. The smallest absolute Gasteiger partial charge is 0.385 e. The Morgan fingerprint density at radius 2 is 1.91 bits per heavy atom. The van der Waals surface area contributed by atoms with E-state index in [4.69, 9.17) is 0 Å². The molecule has 0 radical (unpaired) electrons. The summed E-state index contributed by atoms with van der Waals surface area (Å²) in [5.74, 6) is 0.451. The molecule has 0 aliphatic carbocycles. The highest BCUT2D eigenvalue weighted by Crippen LogP contribution is 2.38.